The van der Waals surface area contributed by atoms with E-state index in [9.17, 15) is 0 Å². The van der Waals surface area contributed by atoms with Crippen molar-refractivity contribution in [1.29, 1.82) is 0 Å². The van der Waals surface area contributed by atoms with Crippen molar-refractivity contribution in [3.05, 3.63) is 29.3 Å². The van der Waals surface area contributed by atoms with Crippen LogP contribution in [0.15, 0.2) is 18.2 Å². The van der Waals surface area contributed by atoms with Crippen LogP contribution in [0.1, 0.15) is 38.3 Å². The molecule has 0 aliphatic carbocycles. The van der Waals surface area contributed by atoms with Gasteiger partial charge in [0.2, 0.25) is 0 Å². The monoisotopic (exact) mass is 248 g/mol. The summed E-state index contributed by atoms with van der Waals surface area (Å²) in [5.41, 5.74) is 4.21. The Morgan fingerprint density at radius 2 is 1.67 bits per heavy atom. The van der Waals surface area contributed by atoms with E-state index in [1.54, 1.807) is 0 Å². The first-order chi connectivity index (χ1) is 8.34. The van der Waals surface area contributed by atoms with Crippen LogP contribution < -0.4 is 10.2 Å². The number of nitrogens with one attached hydrogen (secondary N) is 1. The Morgan fingerprint density at radius 1 is 1.11 bits per heavy atom. The predicted octanol–water partition coefficient (Wildman–Crippen LogP) is 3.52. The Balaban J connectivity index is 2.53. The van der Waals surface area contributed by atoms with E-state index in [2.05, 4.69) is 70.1 Å². The third kappa shape index (κ3) is 4.69. The molecular formula is C16H28N2. The number of anilines is 1. The summed E-state index contributed by atoms with van der Waals surface area (Å²) >= 11 is 0. The third-order valence-corrected chi connectivity index (χ3v) is 3.58. The van der Waals surface area contributed by atoms with Gasteiger partial charge in [-0.25, -0.2) is 0 Å². The molecule has 1 N–H and O–H groups in total. The third-order valence-electron chi connectivity index (χ3n) is 3.58. The molecule has 2 heteroatoms. The topological polar surface area (TPSA) is 15.3 Å². The molecule has 0 unspecified atom stereocenters. The highest BCUT2D eigenvalue weighted by Gasteiger charge is 2.13. The molecule has 1 rings (SSSR count). The molecule has 0 aromatic heterocycles. The van der Waals surface area contributed by atoms with E-state index >= 15 is 0 Å². The fourth-order valence-electron chi connectivity index (χ4n) is 1.99. The number of likely N-dealkylation sites (N-methyl/N-ethyl adjacent to an activating group) is 1. The number of hydrogen-bond donors (Lipinski definition) is 1. The van der Waals surface area contributed by atoms with Crippen LogP contribution in [0.5, 0.6) is 0 Å². The molecule has 0 atom stereocenters. The highest BCUT2D eigenvalue weighted by atomic mass is 15.1. The lowest BCUT2D eigenvalue weighted by Crippen LogP contribution is -2.42. The number of rotatable bonds is 6. The quantitative estimate of drug-likeness (QED) is 0.828. The second-order valence-electron chi connectivity index (χ2n) is 5.93. The summed E-state index contributed by atoms with van der Waals surface area (Å²) in [6.45, 7) is 13.1. The van der Waals surface area contributed by atoms with Crippen molar-refractivity contribution in [2.75, 3.05) is 25.0 Å². The molecule has 0 saturated carbocycles. The Morgan fingerprint density at radius 3 is 2.17 bits per heavy atom. The van der Waals surface area contributed by atoms with Crippen LogP contribution in [0.25, 0.3) is 0 Å². The maximum absolute atomic E-state index is 3.60. The number of nitrogens with zero attached hydrogens (tertiary/aromatic N) is 1. The van der Waals surface area contributed by atoms with Crippen molar-refractivity contribution in [2.24, 2.45) is 0 Å². The summed E-state index contributed by atoms with van der Waals surface area (Å²) in [6, 6.07) is 6.71. The van der Waals surface area contributed by atoms with Crippen molar-refractivity contribution in [2.45, 2.75) is 46.6 Å². The lowest BCUT2D eigenvalue weighted by Gasteiger charge is -2.27. The average Bonchev–Trinajstić information content (AvgIpc) is 2.27. The summed E-state index contributed by atoms with van der Waals surface area (Å²) in [4.78, 5) is 2.32. The highest BCUT2D eigenvalue weighted by molar-refractivity contribution is 5.50. The molecular weight excluding hydrogens is 220 g/mol. The van der Waals surface area contributed by atoms with Gasteiger partial charge < -0.3 is 10.2 Å². The van der Waals surface area contributed by atoms with Gasteiger partial charge >= 0.3 is 0 Å². The molecule has 0 amide bonds. The van der Waals surface area contributed by atoms with Gasteiger partial charge in [-0.05, 0) is 57.4 Å². The summed E-state index contributed by atoms with van der Waals surface area (Å²) in [5, 5.41) is 3.60. The molecule has 1 aromatic rings. The fourth-order valence-corrected chi connectivity index (χ4v) is 1.99. The molecule has 0 aliphatic heterocycles. The van der Waals surface area contributed by atoms with E-state index < -0.39 is 0 Å². The minimum Gasteiger partial charge on any atom is -0.373 e. The standard InChI is InChI=1S/C16H28N2/c1-7-16(4,5)17-8-9-18(6)15-11-13(2)10-14(3)12-15/h10-12,17H,7-9H2,1-6H3. The van der Waals surface area contributed by atoms with Gasteiger partial charge in [-0.1, -0.05) is 13.0 Å². The molecule has 1 aromatic carbocycles. The maximum atomic E-state index is 3.60. The van der Waals surface area contributed by atoms with Crippen LogP contribution in [0.3, 0.4) is 0 Å². The van der Waals surface area contributed by atoms with E-state index in [0.717, 1.165) is 19.5 Å². The molecule has 0 fully saturated rings. The molecule has 0 bridgehead atoms. The van der Waals surface area contributed by atoms with Crippen LogP contribution in [0, 0.1) is 13.8 Å². The summed E-state index contributed by atoms with van der Waals surface area (Å²) in [6.07, 6.45) is 1.15. The van der Waals surface area contributed by atoms with Crippen LogP contribution in [0.2, 0.25) is 0 Å². The molecule has 0 radical (unpaired) electrons. The SMILES string of the molecule is CCC(C)(C)NCCN(C)c1cc(C)cc(C)c1. The molecule has 102 valence electrons. The average molecular weight is 248 g/mol. The normalized spacial score (nSPS) is 11.7. The van der Waals surface area contributed by atoms with Gasteiger partial charge in [0.15, 0.2) is 0 Å². The zero-order valence-electron chi connectivity index (χ0n) is 12.8. The van der Waals surface area contributed by atoms with Crippen molar-refractivity contribution in [3.8, 4) is 0 Å². The lowest BCUT2D eigenvalue weighted by atomic mass is 10.0. The molecule has 0 aliphatic rings. The first-order valence-electron chi connectivity index (χ1n) is 6.88. The van der Waals surface area contributed by atoms with Crippen LogP contribution in [-0.2, 0) is 0 Å². The Kier molecular flexibility index (Phi) is 5.21. The first-order valence-corrected chi connectivity index (χ1v) is 6.88. The number of aryl methyl sites for hydroxylation is 2. The first kappa shape index (κ1) is 15.0. The number of hydrogen-bond acceptors (Lipinski definition) is 2. The summed E-state index contributed by atoms with van der Waals surface area (Å²) in [7, 11) is 2.16. The maximum Gasteiger partial charge on any atom is 0.0369 e. The second kappa shape index (κ2) is 6.24. The lowest BCUT2D eigenvalue weighted by molar-refractivity contribution is 0.381. The van der Waals surface area contributed by atoms with Crippen molar-refractivity contribution in [1.82, 2.24) is 5.32 Å². The minimum atomic E-state index is 0.239. The van der Waals surface area contributed by atoms with Crippen LogP contribution in [0.4, 0.5) is 5.69 Å². The van der Waals surface area contributed by atoms with Gasteiger partial charge in [-0.15, -0.1) is 0 Å². The molecule has 2 nitrogen and oxygen atoms in total. The van der Waals surface area contributed by atoms with E-state index in [0.29, 0.717) is 0 Å². The molecule has 0 saturated heterocycles. The van der Waals surface area contributed by atoms with Crippen molar-refractivity contribution >= 4 is 5.69 Å². The van der Waals surface area contributed by atoms with Gasteiger partial charge in [0.05, 0.1) is 0 Å². The second-order valence-corrected chi connectivity index (χ2v) is 5.93. The predicted molar refractivity (Wildman–Crippen MR) is 81.6 cm³/mol. The Labute approximate surface area is 112 Å². The van der Waals surface area contributed by atoms with E-state index in [-0.39, 0.29) is 5.54 Å². The largest absolute Gasteiger partial charge is 0.373 e. The summed E-state index contributed by atoms with van der Waals surface area (Å²) in [5.74, 6) is 0. The Bertz CT molecular complexity index is 362. The zero-order valence-corrected chi connectivity index (χ0v) is 12.8. The number of benzene rings is 1. The van der Waals surface area contributed by atoms with Gasteiger partial charge in [-0.2, -0.15) is 0 Å². The van der Waals surface area contributed by atoms with Gasteiger partial charge in [0.1, 0.15) is 0 Å². The molecule has 0 heterocycles. The van der Waals surface area contributed by atoms with Crippen molar-refractivity contribution in [3.63, 3.8) is 0 Å². The smallest absolute Gasteiger partial charge is 0.0369 e. The van der Waals surface area contributed by atoms with E-state index in [4.69, 9.17) is 0 Å². The highest BCUT2D eigenvalue weighted by Crippen LogP contribution is 2.17. The zero-order chi connectivity index (χ0) is 13.8. The van der Waals surface area contributed by atoms with Crippen LogP contribution in [-0.4, -0.2) is 25.7 Å². The van der Waals surface area contributed by atoms with E-state index in [1.807, 2.05) is 0 Å². The van der Waals surface area contributed by atoms with Gasteiger partial charge in [-0.3, -0.25) is 0 Å². The van der Waals surface area contributed by atoms with Gasteiger partial charge in [0, 0.05) is 31.4 Å². The van der Waals surface area contributed by atoms with Crippen molar-refractivity contribution < 1.29 is 0 Å². The fraction of sp³-hybridized carbons (Fsp3) is 0.625. The van der Waals surface area contributed by atoms with E-state index in [1.165, 1.54) is 16.8 Å². The molecule has 18 heavy (non-hydrogen) atoms. The van der Waals surface area contributed by atoms with Gasteiger partial charge in [0.25, 0.3) is 0 Å². The minimum absolute atomic E-state index is 0.239. The Hall–Kier alpha value is -1.02. The summed E-state index contributed by atoms with van der Waals surface area (Å²) < 4.78 is 0. The molecule has 0 spiro atoms. The van der Waals surface area contributed by atoms with Crippen LogP contribution >= 0.6 is 0 Å².